The van der Waals surface area contributed by atoms with E-state index in [1.54, 1.807) is 6.07 Å². The van der Waals surface area contributed by atoms with Gasteiger partial charge in [-0.25, -0.2) is 12.8 Å². The fraction of sp³-hybridized carbons (Fsp3) is 0.538. The zero-order valence-corrected chi connectivity index (χ0v) is 12.5. The number of hydrogen-bond donors (Lipinski definition) is 0. The highest BCUT2D eigenvalue weighted by Gasteiger charge is 2.37. The van der Waals surface area contributed by atoms with Gasteiger partial charge in [-0.15, -0.1) is 11.6 Å². The van der Waals surface area contributed by atoms with Gasteiger partial charge in [0.05, 0.1) is 0 Å². The van der Waals surface area contributed by atoms with Crippen LogP contribution in [0.25, 0.3) is 0 Å². The molecule has 0 saturated carbocycles. The first-order chi connectivity index (χ1) is 8.86. The molecular formula is C13H17ClFNO2S. The first kappa shape index (κ1) is 14.8. The van der Waals surface area contributed by atoms with Gasteiger partial charge in [0.1, 0.15) is 10.7 Å². The third kappa shape index (κ3) is 2.78. The quantitative estimate of drug-likeness (QED) is 0.805. The second-order valence-corrected chi connectivity index (χ2v) is 7.29. The summed E-state index contributed by atoms with van der Waals surface area (Å²) in [6, 6.07) is 3.95. The van der Waals surface area contributed by atoms with Crippen LogP contribution >= 0.6 is 11.6 Å². The average Bonchev–Trinajstić information content (AvgIpc) is 2.68. The molecule has 19 heavy (non-hydrogen) atoms. The predicted molar refractivity (Wildman–Crippen MR) is 73.1 cm³/mol. The first-order valence-corrected chi connectivity index (χ1v) is 8.20. The van der Waals surface area contributed by atoms with Crippen molar-refractivity contribution in [3.63, 3.8) is 0 Å². The van der Waals surface area contributed by atoms with Crippen molar-refractivity contribution in [2.24, 2.45) is 5.92 Å². The second kappa shape index (κ2) is 5.38. The fourth-order valence-corrected chi connectivity index (χ4v) is 4.53. The molecule has 1 fully saturated rings. The highest BCUT2D eigenvalue weighted by Crippen LogP contribution is 2.30. The molecule has 0 amide bonds. The van der Waals surface area contributed by atoms with Crippen molar-refractivity contribution in [1.29, 1.82) is 0 Å². The lowest BCUT2D eigenvalue weighted by Crippen LogP contribution is -2.34. The van der Waals surface area contributed by atoms with Crippen molar-refractivity contribution in [2.45, 2.75) is 37.1 Å². The fourth-order valence-electron chi connectivity index (χ4n) is 2.56. The molecule has 0 N–H and O–H groups in total. The van der Waals surface area contributed by atoms with E-state index in [9.17, 15) is 12.8 Å². The van der Waals surface area contributed by atoms with Crippen molar-refractivity contribution >= 4 is 21.6 Å². The molecule has 0 radical (unpaired) electrons. The standard InChI is InChI=1S/C13H17ClFNO2S/c1-9-5-10(2)16(8-9)19(17,18)13-4-3-11(7-14)6-12(13)15/h3-4,6,9-10H,5,7-8H2,1-2H3. The molecule has 6 heteroatoms. The van der Waals surface area contributed by atoms with E-state index in [2.05, 4.69) is 0 Å². The van der Waals surface area contributed by atoms with Crippen LogP contribution in [0.15, 0.2) is 23.1 Å². The van der Waals surface area contributed by atoms with Gasteiger partial charge in [-0.1, -0.05) is 13.0 Å². The monoisotopic (exact) mass is 305 g/mol. The summed E-state index contributed by atoms with van der Waals surface area (Å²) in [5.74, 6) is -0.270. The molecule has 1 saturated heterocycles. The Hall–Kier alpha value is -0.650. The molecule has 106 valence electrons. The van der Waals surface area contributed by atoms with Gasteiger partial charge in [0.25, 0.3) is 0 Å². The van der Waals surface area contributed by atoms with E-state index in [1.807, 2.05) is 13.8 Å². The van der Waals surface area contributed by atoms with Crippen LogP contribution in [-0.2, 0) is 15.9 Å². The van der Waals surface area contributed by atoms with Gasteiger partial charge in [-0.3, -0.25) is 0 Å². The minimum Gasteiger partial charge on any atom is -0.207 e. The van der Waals surface area contributed by atoms with E-state index in [0.29, 0.717) is 18.0 Å². The summed E-state index contributed by atoms with van der Waals surface area (Å²) in [4.78, 5) is -0.262. The van der Waals surface area contributed by atoms with Crippen LogP contribution in [0.2, 0.25) is 0 Å². The Balaban J connectivity index is 2.40. The van der Waals surface area contributed by atoms with Gasteiger partial charge >= 0.3 is 0 Å². The maximum Gasteiger partial charge on any atom is 0.246 e. The third-order valence-electron chi connectivity index (χ3n) is 3.46. The summed E-state index contributed by atoms with van der Waals surface area (Å²) in [5.41, 5.74) is 0.570. The normalized spacial score (nSPS) is 24.8. The number of nitrogens with zero attached hydrogens (tertiary/aromatic N) is 1. The zero-order valence-electron chi connectivity index (χ0n) is 10.9. The highest BCUT2D eigenvalue weighted by molar-refractivity contribution is 7.89. The van der Waals surface area contributed by atoms with Gasteiger partial charge in [0, 0.05) is 18.5 Å². The van der Waals surface area contributed by atoms with Crippen LogP contribution in [-0.4, -0.2) is 25.3 Å². The van der Waals surface area contributed by atoms with Crippen molar-refractivity contribution in [1.82, 2.24) is 4.31 Å². The Labute approximate surface area is 118 Å². The molecule has 0 aromatic heterocycles. The molecule has 2 atom stereocenters. The number of hydrogen-bond acceptors (Lipinski definition) is 2. The summed E-state index contributed by atoms with van der Waals surface area (Å²) >= 11 is 5.61. The summed E-state index contributed by atoms with van der Waals surface area (Å²) in [6.45, 7) is 4.30. The largest absolute Gasteiger partial charge is 0.246 e. The molecular weight excluding hydrogens is 289 g/mol. The van der Waals surface area contributed by atoms with E-state index in [1.165, 1.54) is 16.4 Å². The van der Waals surface area contributed by atoms with Crippen LogP contribution in [0.1, 0.15) is 25.8 Å². The molecule has 0 bridgehead atoms. The SMILES string of the molecule is CC1CC(C)N(S(=O)(=O)c2ccc(CCl)cc2F)C1. The summed E-state index contributed by atoms with van der Waals surface area (Å²) in [6.07, 6.45) is 0.806. The van der Waals surface area contributed by atoms with E-state index < -0.39 is 15.8 Å². The third-order valence-corrected chi connectivity index (χ3v) is 5.79. The summed E-state index contributed by atoms with van der Waals surface area (Å²) in [7, 11) is -3.76. The maximum absolute atomic E-state index is 13.9. The molecule has 0 aliphatic carbocycles. The number of alkyl halides is 1. The van der Waals surface area contributed by atoms with Crippen LogP contribution in [0.5, 0.6) is 0 Å². The van der Waals surface area contributed by atoms with Gasteiger partial charge < -0.3 is 0 Å². The van der Waals surface area contributed by atoms with E-state index in [0.717, 1.165) is 6.42 Å². The van der Waals surface area contributed by atoms with E-state index >= 15 is 0 Å². The molecule has 1 heterocycles. The minimum absolute atomic E-state index is 0.0906. The number of halogens is 2. The van der Waals surface area contributed by atoms with Crippen LogP contribution < -0.4 is 0 Å². The zero-order chi connectivity index (χ0) is 14.2. The predicted octanol–water partition coefficient (Wildman–Crippen LogP) is 2.98. The van der Waals surface area contributed by atoms with Crippen molar-refractivity contribution < 1.29 is 12.8 Å². The Morgan fingerprint density at radius 3 is 2.58 bits per heavy atom. The highest BCUT2D eigenvalue weighted by atomic mass is 35.5. The van der Waals surface area contributed by atoms with Crippen molar-refractivity contribution in [3.05, 3.63) is 29.6 Å². The topological polar surface area (TPSA) is 37.4 Å². The summed E-state index contributed by atoms with van der Waals surface area (Å²) in [5, 5.41) is 0. The van der Waals surface area contributed by atoms with E-state index in [4.69, 9.17) is 11.6 Å². The Bertz CT molecular complexity index is 576. The maximum atomic E-state index is 13.9. The van der Waals surface area contributed by atoms with Gasteiger partial charge in [-0.05, 0) is 37.0 Å². The van der Waals surface area contributed by atoms with Crippen LogP contribution in [0, 0.1) is 11.7 Å². The molecule has 0 spiro atoms. The van der Waals surface area contributed by atoms with Gasteiger partial charge in [0.2, 0.25) is 10.0 Å². The lowest BCUT2D eigenvalue weighted by molar-refractivity contribution is 0.402. The number of sulfonamides is 1. The number of rotatable bonds is 3. The Morgan fingerprint density at radius 2 is 2.11 bits per heavy atom. The first-order valence-electron chi connectivity index (χ1n) is 6.22. The van der Waals surface area contributed by atoms with Crippen molar-refractivity contribution in [3.8, 4) is 0 Å². The minimum atomic E-state index is -3.76. The molecule has 1 aromatic carbocycles. The van der Waals surface area contributed by atoms with E-state index in [-0.39, 0.29) is 16.8 Å². The molecule has 3 nitrogen and oxygen atoms in total. The molecule has 1 aliphatic heterocycles. The lowest BCUT2D eigenvalue weighted by atomic mass is 10.1. The Kier molecular flexibility index (Phi) is 4.18. The smallest absolute Gasteiger partial charge is 0.207 e. The van der Waals surface area contributed by atoms with Crippen LogP contribution in [0.3, 0.4) is 0 Å². The molecule has 1 aromatic rings. The van der Waals surface area contributed by atoms with Gasteiger partial charge in [-0.2, -0.15) is 4.31 Å². The average molecular weight is 306 g/mol. The molecule has 2 unspecified atom stereocenters. The Morgan fingerprint density at radius 1 is 1.42 bits per heavy atom. The van der Waals surface area contributed by atoms with Crippen LogP contribution in [0.4, 0.5) is 4.39 Å². The lowest BCUT2D eigenvalue weighted by Gasteiger charge is -2.21. The number of benzene rings is 1. The summed E-state index contributed by atoms with van der Waals surface area (Å²) < 4.78 is 40.3. The van der Waals surface area contributed by atoms with Crippen molar-refractivity contribution in [2.75, 3.05) is 6.54 Å². The molecule has 1 aliphatic rings. The van der Waals surface area contributed by atoms with Gasteiger partial charge in [0.15, 0.2) is 0 Å². The molecule has 2 rings (SSSR count). The second-order valence-electron chi connectivity index (χ2n) is 5.16.